The Morgan fingerprint density at radius 2 is 1.79 bits per heavy atom. The number of aryl methyl sites for hydroxylation is 1. The lowest BCUT2D eigenvalue weighted by Gasteiger charge is -2.19. The van der Waals surface area contributed by atoms with Crippen molar-refractivity contribution < 1.29 is 14.3 Å². The summed E-state index contributed by atoms with van der Waals surface area (Å²) in [6.45, 7) is 2.84. The Balaban J connectivity index is 2.01. The lowest BCUT2D eigenvalue weighted by molar-refractivity contribution is -0.140. The number of rotatable bonds is 9. The molecule has 0 fully saturated rings. The monoisotopic (exact) mass is 382 g/mol. The Hall–Kier alpha value is -2.82. The second-order valence-corrected chi connectivity index (χ2v) is 6.82. The number of nitrogens with one attached hydrogen (secondary N) is 1. The van der Waals surface area contributed by atoms with E-state index in [1.54, 1.807) is 11.9 Å². The second-order valence-electron chi connectivity index (χ2n) is 6.82. The van der Waals surface area contributed by atoms with Crippen molar-refractivity contribution in [3.63, 3.8) is 0 Å². The number of carbonyl (C=O) groups is 2. The highest BCUT2D eigenvalue weighted by atomic mass is 16.5. The van der Waals surface area contributed by atoms with E-state index >= 15 is 0 Å². The first-order valence-corrected chi connectivity index (χ1v) is 9.83. The first-order chi connectivity index (χ1) is 13.5. The number of urea groups is 1. The van der Waals surface area contributed by atoms with Gasteiger partial charge in [0.15, 0.2) is 0 Å². The van der Waals surface area contributed by atoms with Crippen LogP contribution in [0.3, 0.4) is 0 Å². The molecule has 5 nitrogen and oxygen atoms in total. The van der Waals surface area contributed by atoms with Crippen LogP contribution in [0.2, 0.25) is 0 Å². The molecule has 2 amide bonds. The summed E-state index contributed by atoms with van der Waals surface area (Å²) >= 11 is 0. The molecule has 150 valence electrons. The molecular formula is C23H30N2O3. The molecule has 0 saturated carbocycles. The summed E-state index contributed by atoms with van der Waals surface area (Å²) in [5.41, 5.74) is 4.05. The largest absolute Gasteiger partial charge is 0.469 e. The van der Waals surface area contributed by atoms with E-state index in [2.05, 4.69) is 17.0 Å². The Labute approximate surface area is 167 Å². The number of unbranched alkanes of at least 4 members (excludes halogenated alkanes) is 2. The Bertz CT molecular complexity index is 772. The molecule has 0 atom stereocenters. The fourth-order valence-electron chi connectivity index (χ4n) is 2.91. The highest BCUT2D eigenvalue weighted by Gasteiger charge is 2.11. The Morgan fingerprint density at radius 3 is 2.46 bits per heavy atom. The number of amides is 2. The molecule has 0 aliphatic rings. The van der Waals surface area contributed by atoms with E-state index in [-0.39, 0.29) is 12.0 Å². The minimum atomic E-state index is -0.201. The summed E-state index contributed by atoms with van der Waals surface area (Å²) in [7, 11) is 3.19. The minimum Gasteiger partial charge on any atom is -0.469 e. The number of ether oxygens (including phenoxy) is 1. The van der Waals surface area contributed by atoms with Crippen molar-refractivity contribution in [2.45, 2.75) is 39.0 Å². The van der Waals surface area contributed by atoms with Crippen LogP contribution in [0.1, 0.15) is 38.2 Å². The number of hydrogen-bond donors (Lipinski definition) is 1. The molecule has 2 rings (SSSR count). The van der Waals surface area contributed by atoms with Gasteiger partial charge in [-0.3, -0.25) is 9.69 Å². The molecule has 0 unspecified atom stereocenters. The smallest absolute Gasteiger partial charge is 0.321 e. The molecule has 0 aromatic heterocycles. The van der Waals surface area contributed by atoms with Gasteiger partial charge in [-0.25, -0.2) is 4.79 Å². The van der Waals surface area contributed by atoms with Gasteiger partial charge in [-0.15, -0.1) is 0 Å². The molecule has 0 heterocycles. The van der Waals surface area contributed by atoms with Crippen molar-refractivity contribution in [3.05, 3.63) is 54.1 Å². The molecule has 5 heteroatoms. The molecule has 2 aromatic carbocycles. The van der Waals surface area contributed by atoms with E-state index in [1.807, 2.05) is 48.5 Å². The zero-order valence-corrected chi connectivity index (χ0v) is 17.0. The maximum absolute atomic E-state index is 12.3. The highest BCUT2D eigenvalue weighted by Crippen LogP contribution is 2.25. The zero-order chi connectivity index (χ0) is 20.4. The Kier molecular flexibility index (Phi) is 8.53. The summed E-state index contributed by atoms with van der Waals surface area (Å²) in [5.74, 6) is -0.201. The van der Waals surface area contributed by atoms with Crippen LogP contribution < -0.4 is 10.2 Å². The topological polar surface area (TPSA) is 58.6 Å². The van der Waals surface area contributed by atoms with Crippen LogP contribution in [0.15, 0.2) is 48.5 Å². The lowest BCUT2D eigenvalue weighted by Crippen LogP contribution is -2.37. The number of nitrogens with zero attached hydrogens (tertiary/aromatic N) is 1. The molecule has 0 radical (unpaired) electrons. The van der Waals surface area contributed by atoms with Crippen molar-refractivity contribution in [1.29, 1.82) is 0 Å². The van der Waals surface area contributed by atoms with E-state index in [0.717, 1.165) is 41.6 Å². The Morgan fingerprint density at radius 1 is 1.04 bits per heavy atom. The molecule has 0 spiro atoms. The molecule has 1 N–H and O–H groups in total. The van der Waals surface area contributed by atoms with Crippen LogP contribution in [-0.4, -0.2) is 32.7 Å². The van der Waals surface area contributed by atoms with Gasteiger partial charge in [-0.1, -0.05) is 56.2 Å². The van der Waals surface area contributed by atoms with Gasteiger partial charge in [0.05, 0.1) is 7.11 Å². The van der Waals surface area contributed by atoms with Gasteiger partial charge in [0.25, 0.3) is 0 Å². The fourth-order valence-corrected chi connectivity index (χ4v) is 2.91. The fraction of sp³-hybridized carbons (Fsp3) is 0.391. The van der Waals surface area contributed by atoms with Crippen LogP contribution in [0.25, 0.3) is 11.1 Å². The molecule has 0 bridgehead atoms. The number of hydrogen-bond acceptors (Lipinski definition) is 3. The van der Waals surface area contributed by atoms with Crippen molar-refractivity contribution in [2.24, 2.45) is 0 Å². The molecule has 28 heavy (non-hydrogen) atoms. The SMILES string of the molecule is CCCCCNC(=O)N(C)c1cccc(-c2ccc(CCC(=O)OC)cc2)c1. The molecule has 0 aliphatic carbocycles. The third-order valence-electron chi connectivity index (χ3n) is 4.73. The predicted octanol–water partition coefficient (Wildman–Crippen LogP) is 4.80. The molecular weight excluding hydrogens is 352 g/mol. The highest BCUT2D eigenvalue weighted by molar-refractivity contribution is 5.92. The van der Waals surface area contributed by atoms with Gasteiger partial charge >= 0.3 is 12.0 Å². The summed E-state index contributed by atoms with van der Waals surface area (Å²) in [6, 6.07) is 16.0. The first kappa shape index (κ1) is 21.5. The number of carbonyl (C=O) groups excluding carboxylic acids is 2. The van der Waals surface area contributed by atoms with Crippen molar-refractivity contribution in [2.75, 3.05) is 25.6 Å². The molecule has 2 aromatic rings. The van der Waals surface area contributed by atoms with Gasteiger partial charge in [-0.2, -0.15) is 0 Å². The van der Waals surface area contributed by atoms with Crippen LogP contribution in [0.4, 0.5) is 10.5 Å². The molecule has 0 saturated heterocycles. The van der Waals surface area contributed by atoms with Crippen LogP contribution in [0.5, 0.6) is 0 Å². The standard InChI is InChI=1S/C23H30N2O3/c1-4-5-6-16-24-23(27)25(2)21-9-7-8-20(17-21)19-13-10-18(11-14-19)12-15-22(26)28-3/h7-11,13-14,17H,4-6,12,15-16H2,1-3H3,(H,24,27). The van der Waals surface area contributed by atoms with E-state index < -0.39 is 0 Å². The maximum atomic E-state index is 12.3. The third kappa shape index (κ3) is 6.41. The minimum absolute atomic E-state index is 0.0913. The van der Waals surface area contributed by atoms with E-state index in [9.17, 15) is 9.59 Å². The third-order valence-corrected chi connectivity index (χ3v) is 4.73. The van der Waals surface area contributed by atoms with Gasteiger partial charge in [0.1, 0.15) is 0 Å². The van der Waals surface area contributed by atoms with E-state index in [4.69, 9.17) is 0 Å². The average Bonchev–Trinajstić information content (AvgIpc) is 2.74. The van der Waals surface area contributed by atoms with Crippen LogP contribution in [-0.2, 0) is 16.0 Å². The van der Waals surface area contributed by atoms with Crippen molar-refractivity contribution in [3.8, 4) is 11.1 Å². The first-order valence-electron chi connectivity index (χ1n) is 9.83. The van der Waals surface area contributed by atoms with Gasteiger partial charge in [-0.05, 0) is 41.7 Å². The van der Waals surface area contributed by atoms with Crippen molar-refractivity contribution >= 4 is 17.7 Å². The normalized spacial score (nSPS) is 10.4. The van der Waals surface area contributed by atoms with Gasteiger partial charge < -0.3 is 10.1 Å². The number of esters is 1. The van der Waals surface area contributed by atoms with Crippen LogP contribution >= 0.6 is 0 Å². The molecule has 0 aliphatic heterocycles. The van der Waals surface area contributed by atoms with E-state index in [0.29, 0.717) is 19.4 Å². The zero-order valence-electron chi connectivity index (χ0n) is 17.0. The lowest BCUT2D eigenvalue weighted by atomic mass is 10.0. The van der Waals surface area contributed by atoms with Gasteiger partial charge in [0.2, 0.25) is 0 Å². The maximum Gasteiger partial charge on any atom is 0.321 e. The van der Waals surface area contributed by atoms with Crippen LogP contribution in [0, 0.1) is 0 Å². The summed E-state index contributed by atoms with van der Waals surface area (Å²) in [6.07, 6.45) is 4.29. The quantitative estimate of drug-likeness (QED) is 0.501. The number of anilines is 1. The summed E-state index contributed by atoms with van der Waals surface area (Å²) in [5, 5.41) is 2.96. The number of benzene rings is 2. The number of methoxy groups -OCH3 is 1. The van der Waals surface area contributed by atoms with E-state index in [1.165, 1.54) is 7.11 Å². The summed E-state index contributed by atoms with van der Waals surface area (Å²) < 4.78 is 4.68. The summed E-state index contributed by atoms with van der Waals surface area (Å²) in [4.78, 5) is 25.2. The average molecular weight is 383 g/mol. The predicted molar refractivity (Wildman–Crippen MR) is 114 cm³/mol. The second kappa shape index (κ2) is 11.1. The van der Waals surface area contributed by atoms with Crippen molar-refractivity contribution in [1.82, 2.24) is 5.32 Å². The van der Waals surface area contributed by atoms with Gasteiger partial charge in [0, 0.05) is 25.7 Å².